The second-order valence-corrected chi connectivity index (χ2v) is 7.10. The van der Waals surface area contributed by atoms with Crippen molar-refractivity contribution in [1.82, 2.24) is 10.2 Å². The van der Waals surface area contributed by atoms with E-state index in [0.717, 1.165) is 30.0 Å². The number of benzene rings is 2. The van der Waals surface area contributed by atoms with Crippen LogP contribution in [-0.2, 0) is 11.3 Å². The molecule has 1 aliphatic rings. The van der Waals surface area contributed by atoms with E-state index < -0.39 is 0 Å². The van der Waals surface area contributed by atoms with Crippen molar-refractivity contribution in [2.45, 2.75) is 19.5 Å². The largest absolute Gasteiger partial charge is 0.497 e. The zero-order chi connectivity index (χ0) is 19.9. The Balaban J connectivity index is 1.46. The van der Waals surface area contributed by atoms with E-state index >= 15 is 0 Å². The predicted octanol–water partition coefficient (Wildman–Crippen LogP) is 0.741. The van der Waals surface area contributed by atoms with Crippen LogP contribution in [0.5, 0.6) is 5.75 Å². The lowest BCUT2D eigenvalue weighted by atomic mass is 10.1. The third kappa shape index (κ3) is 4.89. The fourth-order valence-corrected chi connectivity index (χ4v) is 3.46. The summed E-state index contributed by atoms with van der Waals surface area (Å²) in [7, 11) is 1.63. The number of nitrogens with zero attached hydrogens (tertiary/aromatic N) is 1. The van der Waals surface area contributed by atoms with Gasteiger partial charge in [-0.25, -0.2) is 0 Å². The molecule has 0 radical (unpaired) electrons. The molecule has 1 fully saturated rings. The number of hydrogen-bond donors (Lipinski definition) is 2. The molecule has 0 spiro atoms. The van der Waals surface area contributed by atoms with E-state index in [1.165, 1.54) is 4.90 Å². The second kappa shape index (κ2) is 9.37. The molecule has 0 aromatic heterocycles. The third-order valence-corrected chi connectivity index (χ3v) is 5.35. The highest BCUT2D eigenvalue weighted by Gasteiger charge is 2.30. The lowest BCUT2D eigenvalue weighted by Gasteiger charge is -2.34. The van der Waals surface area contributed by atoms with Gasteiger partial charge in [-0.1, -0.05) is 30.3 Å². The van der Waals surface area contributed by atoms with Crippen LogP contribution in [0.2, 0.25) is 0 Å². The zero-order valence-electron chi connectivity index (χ0n) is 16.5. The van der Waals surface area contributed by atoms with Crippen LogP contribution in [0.3, 0.4) is 0 Å². The Labute approximate surface area is 166 Å². The summed E-state index contributed by atoms with van der Waals surface area (Å²) >= 11 is 0. The van der Waals surface area contributed by atoms with Gasteiger partial charge in [-0.3, -0.25) is 9.59 Å². The van der Waals surface area contributed by atoms with Crippen molar-refractivity contribution in [2.24, 2.45) is 0 Å². The van der Waals surface area contributed by atoms with Crippen LogP contribution in [0.4, 0.5) is 0 Å². The highest BCUT2D eigenvalue weighted by Crippen LogP contribution is 2.11. The average Bonchev–Trinajstić information content (AvgIpc) is 2.77. The van der Waals surface area contributed by atoms with Gasteiger partial charge in [0.25, 0.3) is 11.8 Å². The molecule has 0 bridgehead atoms. The van der Waals surface area contributed by atoms with Crippen molar-refractivity contribution in [2.75, 3.05) is 33.3 Å². The summed E-state index contributed by atoms with van der Waals surface area (Å²) < 4.78 is 5.15. The first-order valence-electron chi connectivity index (χ1n) is 9.68. The molecule has 2 N–H and O–H groups in total. The van der Waals surface area contributed by atoms with Crippen molar-refractivity contribution < 1.29 is 19.2 Å². The number of amides is 2. The van der Waals surface area contributed by atoms with Gasteiger partial charge in [-0.2, -0.15) is 0 Å². The molecule has 1 heterocycles. The summed E-state index contributed by atoms with van der Waals surface area (Å²) in [4.78, 5) is 28.2. The maximum absolute atomic E-state index is 12.5. The first-order valence-corrected chi connectivity index (χ1v) is 9.68. The van der Waals surface area contributed by atoms with E-state index in [4.69, 9.17) is 4.74 Å². The number of quaternary nitrogens is 1. The number of hydrogen-bond acceptors (Lipinski definition) is 3. The number of ether oxygens (including phenoxy) is 1. The molecule has 28 heavy (non-hydrogen) atoms. The Hall–Kier alpha value is -2.86. The zero-order valence-corrected chi connectivity index (χ0v) is 16.5. The molecule has 2 aromatic rings. The van der Waals surface area contributed by atoms with Crippen LogP contribution in [0.15, 0.2) is 54.6 Å². The quantitative estimate of drug-likeness (QED) is 0.775. The Kier molecular flexibility index (Phi) is 6.66. The molecular formula is C22H28N3O3+. The smallest absolute Gasteiger partial charge is 0.278 e. The topological polar surface area (TPSA) is 63.1 Å². The molecule has 6 heteroatoms. The summed E-state index contributed by atoms with van der Waals surface area (Å²) in [5, 5.41) is 3.01. The van der Waals surface area contributed by atoms with Crippen molar-refractivity contribution in [3.05, 3.63) is 65.7 Å². The van der Waals surface area contributed by atoms with Gasteiger partial charge in [-0.15, -0.1) is 0 Å². The second-order valence-electron chi connectivity index (χ2n) is 7.10. The van der Waals surface area contributed by atoms with Crippen molar-refractivity contribution in [1.29, 1.82) is 0 Å². The number of rotatable bonds is 6. The van der Waals surface area contributed by atoms with Gasteiger partial charge >= 0.3 is 0 Å². The molecule has 6 nitrogen and oxygen atoms in total. The standard InChI is InChI=1S/C22H27N3O3/c1-17(21(26)23-16-18-8-10-20(28-2)11-9-18)24-12-14-25(15-13-24)22(27)19-6-4-3-5-7-19/h3-11,17H,12-16H2,1-2H3,(H,23,26)/p+1/t17-/m0/s1. The van der Waals surface area contributed by atoms with Crippen molar-refractivity contribution in [3.63, 3.8) is 0 Å². The Morgan fingerprint density at radius 1 is 1.07 bits per heavy atom. The number of methoxy groups -OCH3 is 1. The SMILES string of the molecule is COc1ccc(CNC(=O)[C@H](C)[NH+]2CCN(C(=O)c3ccccc3)CC2)cc1. The van der Waals surface area contributed by atoms with Crippen LogP contribution >= 0.6 is 0 Å². The van der Waals surface area contributed by atoms with E-state index in [1.54, 1.807) is 7.11 Å². The Morgan fingerprint density at radius 2 is 1.71 bits per heavy atom. The molecular weight excluding hydrogens is 354 g/mol. The average molecular weight is 382 g/mol. The summed E-state index contributed by atoms with van der Waals surface area (Å²) in [5.74, 6) is 0.903. The lowest BCUT2D eigenvalue weighted by molar-refractivity contribution is -0.917. The first-order chi connectivity index (χ1) is 13.6. The highest BCUT2D eigenvalue weighted by atomic mass is 16.5. The van der Waals surface area contributed by atoms with Crippen molar-refractivity contribution in [3.8, 4) is 5.75 Å². The molecule has 0 aliphatic carbocycles. The fraction of sp³-hybridized carbons (Fsp3) is 0.364. The Morgan fingerprint density at radius 3 is 2.32 bits per heavy atom. The minimum atomic E-state index is -0.146. The predicted molar refractivity (Wildman–Crippen MR) is 107 cm³/mol. The van der Waals surface area contributed by atoms with Crippen molar-refractivity contribution >= 4 is 11.8 Å². The Bertz CT molecular complexity index is 784. The molecule has 1 aliphatic heterocycles. The minimum Gasteiger partial charge on any atom is -0.497 e. The molecule has 148 valence electrons. The maximum atomic E-state index is 12.5. The van der Waals surface area contributed by atoms with Gasteiger partial charge < -0.3 is 19.9 Å². The van der Waals surface area contributed by atoms with Crippen LogP contribution < -0.4 is 15.0 Å². The lowest BCUT2D eigenvalue weighted by Crippen LogP contribution is -3.19. The molecule has 1 atom stereocenters. The molecule has 2 aromatic carbocycles. The van der Waals surface area contributed by atoms with Gasteiger partial charge in [0.1, 0.15) is 5.75 Å². The number of carbonyl (C=O) groups is 2. The van der Waals surface area contributed by atoms with Crippen LogP contribution in [0.25, 0.3) is 0 Å². The highest BCUT2D eigenvalue weighted by molar-refractivity contribution is 5.94. The first kappa shape index (κ1) is 19.9. The molecule has 1 saturated heterocycles. The summed E-state index contributed by atoms with van der Waals surface area (Å²) in [6, 6.07) is 16.9. The van der Waals surface area contributed by atoms with Crippen LogP contribution in [0, 0.1) is 0 Å². The number of carbonyl (C=O) groups excluding carboxylic acids is 2. The number of nitrogens with one attached hydrogen (secondary N) is 2. The van der Waals surface area contributed by atoms with Crippen LogP contribution in [-0.4, -0.2) is 56.0 Å². The van der Waals surface area contributed by atoms with E-state index in [2.05, 4.69) is 5.32 Å². The van der Waals surface area contributed by atoms with Gasteiger partial charge in [-0.05, 0) is 36.8 Å². The van der Waals surface area contributed by atoms with E-state index in [9.17, 15) is 9.59 Å². The van der Waals surface area contributed by atoms with E-state index in [0.29, 0.717) is 19.6 Å². The summed E-state index contributed by atoms with van der Waals surface area (Å²) in [5.41, 5.74) is 1.76. The van der Waals surface area contributed by atoms with E-state index in [-0.39, 0.29) is 17.9 Å². The fourth-order valence-electron chi connectivity index (χ4n) is 3.46. The third-order valence-electron chi connectivity index (χ3n) is 5.35. The van der Waals surface area contributed by atoms with Gasteiger partial charge in [0.2, 0.25) is 0 Å². The van der Waals surface area contributed by atoms with Gasteiger partial charge in [0.05, 0.1) is 33.3 Å². The van der Waals surface area contributed by atoms with Gasteiger partial charge in [0.15, 0.2) is 6.04 Å². The molecule has 3 rings (SSSR count). The van der Waals surface area contributed by atoms with Crippen LogP contribution in [0.1, 0.15) is 22.8 Å². The molecule has 2 amide bonds. The minimum absolute atomic E-state index is 0.0358. The molecule has 0 unspecified atom stereocenters. The normalized spacial score (nSPS) is 15.7. The maximum Gasteiger partial charge on any atom is 0.278 e. The summed E-state index contributed by atoms with van der Waals surface area (Å²) in [6.07, 6.45) is 0. The molecule has 0 saturated carbocycles. The van der Waals surface area contributed by atoms with E-state index in [1.807, 2.05) is 66.4 Å². The monoisotopic (exact) mass is 382 g/mol. The number of piperazine rings is 1. The van der Waals surface area contributed by atoms with Gasteiger partial charge in [0, 0.05) is 12.1 Å². The summed E-state index contributed by atoms with van der Waals surface area (Å²) in [6.45, 7) is 5.33.